The Balaban J connectivity index is 2.19. The maximum Gasteiger partial charge on any atom is 0.294 e. The highest BCUT2D eigenvalue weighted by molar-refractivity contribution is 9.10. The van der Waals surface area contributed by atoms with Gasteiger partial charge in [-0.2, -0.15) is 0 Å². The normalized spacial score (nSPS) is 16.3. The number of carbonyl (C=O) groups is 3. The van der Waals surface area contributed by atoms with Gasteiger partial charge in [0.05, 0.1) is 16.0 Å². The summed E-state index contributed by atoms with van der Waals surface area (Å²) in [5.74, 6) is -0.527. The number of ether oxygens (including phenoxy) is 1. The molecule has 1 aliphatic rings. The number of nitrogens with zero attached hydrogens (tertiary/aromatic N) is 1. The van der Waals surface area contributed by atoms with Gasteiger partial charge in [-0.05, 0) is 57.9 Å². The molecule has 0 bridgehead atoms. The molecule has 1 heterocycles. The molecular weight excluding hydrogens is 384 g/mol. The van der Waals surface area contributed by atoms with E-state index < -0.39 is 23.6 Å². The van der Waals surface area contributed by atoms with Crippen molar-refractivity contribution in [2.24, 2.45) is 5.73 Å². The van der Waals surface area contributed by atoms with Gasteiger partial charge in [0.1, 0.15) is 12.3 Å². The van der Waals surface area contributed by atoms with Crippen LogP contribution in [-0.2, 0) is 9.59 Å². The van der Waals surface area contributed by atoms with E-state index in [0.717, 1.165) is 33.1 Å². The van der Waals surface area contributed by atoms with Crippen LogP contribution in [0.5, 0.6) is 5.75 Å². The summed E-state index contributed by atoms with van der Waals surface area (Å²) in [6, 6.07) is 5.38. The third-order valence-electron chi connectivity index (χ3n) is 2.90. The first kappa shape index (κ1) is 17.6. The summed E-state index contributed by atoms with van der Waals surface area (Å²) in [4.78, 5) is 35.9. The van der Waals surface area contributed by atoms with Gasteiger partial charge >= 0.3 is 0 Å². The molecule has 2 rings (SSSR count). The van der Waals surface area contributed by atoms with Gasteiger partial charge in [-0.1, -0.05) is 13.0 Å². The number of halogens is 1. The van der Waals surface area contributed by atoms with Crippen molar-refractivity contribution in [3.05, 3.63) is 33.1 Å². The standard InChI is InChI=1S/C15H15BrN2O4S/c1-2-5-22-11-4-3-9(6-10(11)16)7-12-14(20)18(8-13(17)19)15(21)23-12/h3-4,6-7H,2,5,8H2,1H3,(H2,17,19)/b12-7-. The fourth-order valence-corrected chi connectivity index (χ4v) is 3.23. The molecule has 122 valence electrons. The summed E-state index contributed by atoms with van der Waals surface area (Å²) >= 11 is 4.20. The first-order valence-corrected chi connectivity index (χ1v) is 8.49. The van der Waals surface area contributed by atoms with Crippen molar-refractivity contribution >= 4 is 50.8 Å². The van der Waals surface area contributed by atoms with Crippen molar-refractivity contribution < 1.29 is 19.1 Å². The van der Waals surface area contributed by atoms with Crippen LogP contribution >= 0.6 is 27.7 Å². The van der Waals surface area contributed by atoms with Gasteiger partial charge in [0, 0.05) is 0 Å². The van der Waals surface area contributed by atoms with E-state index in [4.69, 9.17) is 10.5 Å². The number of amides is 3. The lowest BCUT2D eigenvalue weighted by Gasteiger charge is -2.09. The number of hydrogen-bond donors (Lipinski definition) is 1. The molecule has 1 aromatic carbocycles. The summed E-state index contributed by atoms with van der Waals surface area (Å²) in [5.41, 5.74) is 5.78. The van der Waals surface area contributed by atoms with Crippen LogP contribution in [0.15, 0.2) is 27.6 Å². The Bertz CT molecular complexity index is 690. The van der Waals surface area contributed by atoms with Gasteiger partial charge in [-0.25, -0.2) is 0 Å². The second-order valence-corrected chi connectivity index (χ2v) is 6.62. The molecule has 0 saturated carbocycles. The average Bonchev–Trinajstić information content (AvgIpc) is 2.74. The summed E-state index contributed by atoms with van der Waals surface area (Å²) < 4.78 is 6.32. The molecule has 0 aliphatic carbocycles. The predicted octanol–water partition coefficient (Wildman–Crippen LogP) is 2.76. The largest absolute Gasteiger partial charge is 0.492 e. The fraction of sp³-hybridized carbons (Fsp3) is 0.267. The van der Waals surface area contributed by atoms with Crippen LogP contribution in [0.25, 0.3) is 6.08 Å². The van der Waals surface area contributed by atoms with Crippen molar-refractivity contribution in [2.45, 2.75) is 13.3 Å². The minimum atomic E-state index is -0.728. The number of rotatable bonds is 6. The van der Waals surface area contributed by atoms with E-state index in [0.29, 0.717) is 12.4 Å². The second-order valence-electron chi connectivity index (χ2n) is 4.77. The molecule has 0 radical (unpaired) electrons. The molecule has 23 heavy (non-hydrogen) atoms. The van der Waals surface area contributed by atoms with E-state index >= 15 is 0 Å². The molecule has 1 fully saturated rings. The minimum absolute atomic E-state index is 0.255. The number of nitrogens with two attached hydrogens (primary N) is 1. The molecule has 1 aliphatic heterocycles. The quantitative estimate of drug-likeness (QED) is 0.743. The minimum Gasteiger partial charge on any atom is -0.492 e. The summed E-state index contributed by atoms with van der Waals surface area (Å²) in [6.45, 7) is 2.23. The van der Waals surface area contributed by atoms with Gasteiger partial charge in [0.2, 0.25) is 5.91 Å². The monoisotopic (exact) mass is 398 g/mol. The topological polar surface area (TPSA) is 89.7 Å². The van der Waals surface area contributed by atoms with Crippen molar-refractivity contribution in [3.63, 3.8) is 0 Å². The van der Waals surface area contributed by atoms with Crippen LogP contribution in [0.3, 0.4) is 0 Å². The summed E-state index contributed by atoms with van der Waals surface area (Å²) in [5, 5.41) is -0.498. The lowest BCUT2D eigenvalue weighted by Crippen LogP contribution is -2.36. The molecule has 3 amide bonds. The average molecular weight is 399 g/mol. The van der Waals surface area contributed by atoms with E-state index in [1.54, 1.807) is 24.3 Å². The SMILES string of the molecule is CCCOc1ccc(/C=C2\SC(=O)N(CC(N)=O)C2=O)cc1Br. The molecule has 1 aromatic rings. The van der Waals surface area contributed by atoms with Crippen LogP contribution in [0.4, 0.5) is 4.79 Å². The Morgan fingerprint density at radius 2 is 2.17 bits per heavy atom. The maximum atomic E-state index is 12.1. The molecule has 0 unspecified atom stereocenters. The van der Waals surface area contributed by atoms with Crippen LogP contribution in [0.2, 0.25) is 0 Å². The van der Waals surface area contributed by atoms with E-state index in [-0.39, 0.29) is 4.91 Å². The molecule has 1 saturated heterocycles. The van der Waals surface area contributed by atoms with Gasteiger partial charge in [-0.3, -0.25) is 19.3 Å². The Labute approximate surface area is 146 Å². The molecular formula is C15H15BrN2O4S. The zero-order valence-corrected chi connectivity index (χ0v) is 14.8. The smallest absolute Gasteiger partial charge is 0.294 e. The number of thioether (sulfide) groups is 1. The second kappa shape index (κ2) is 7.65. The molecule has 6 nitrogen and oxygen atoms in total. The molecule has 2 N–H and O–H groups in total. The number of benzene rings is 1. The molecule has 8 heteroatoms. The molecule has 0 spiro atoms. The molecule has 0 atom stereocenters. The fourth-order valence-electron chi connectivity index (χ4n) is 1.88. The maximum absolute atomic E-state index is 12.1. The predicted molar refractivity (Wildman–Crippen MR) is 91.8 cm³/mol. The van der Waals surface area contributed by atoms with Crippen molar-refractivity contribution in [1.29, 1.82) is 0 Å². The lowest BCUT2D eigenvalue weighted by molar-refractivity contribution is -0.127. The van der Waals surface area contributed by atoms with E-state index in [9.17, 15) is 14.4 Å². The highest BCUT2D eigenvalue weighted by Gasteiger charge is 2.35. The summed E-state index contributed by atoms with van der Waals surface area (Å²) in [7, 11) is 0. The van der Waals surface area contributed by atoms with E-state index in [1.165, 1.54) is 0 Å². The van der Waals surface area contributed by atoms with Gasteiger partial charge in [0.15, 0.2) is 0 Å². The zero-order chi connectivity index (χ0) is 17.0. The lowest BCUT2D eigenvalue weighted by atomic mass is 10.2. The Kier molecular flexibility index (Phi) is 5.84. The first-order valence-electron chi connectivity index (χ1n) is 6.88. The van der Waals surface area contributed by atoms with E-state index in [1.807, 2.05) is 6.92 Å². The van der Waals surface area contributed by atoms with Crippen molar-refractivity contribution in [1.82, 2.24) is 4.90 Å². The van der Waals surface area contributed by atoms with Gasteiger partial charge < -0.3 is 10.5 Å². The highest BCUT2D eigenvalue weighted by Crippen LogP contribution is 2.33. The van der Waals surface area contributed by atoms with Gasteiger partial charge in [-0.15, -0.1) is 0 Å². The van der Waals surface area contributed by atoms with Crippen LogP contribution in [-0.4, -0.2) is 35.1 Å². The van der Waals surface area contributed by atoms with Crippen LogP contribution in [0.1, 0.15) is 18.9 Å². The van der Waals surface area contributed by atoms with Gasteiger partial charge in [0.25, 0.3) is 11.1 Å². The number of primary amides is 1. The third kappa shape index (κ3) is 4.35. The zero-order valence-electron chi connectivity index (χ0n) is 12.4. The van der Waals surface area contributed by atoms with Crippen LogP contribution < -0.4 is 10.5 Å². The Hall–Kier alpha value is -1.80. The van der Waals surface area contributed by atoms with Crippen molar-refractivity contribution in [2.75, 3.05) is 13.2 Å². The van der Waals surface area contributed by atoms with Crippen LogP contribution in [0, 0.1) is 0 Å². The Morgan fingerprint density at radius 1 is 1.43 bits per heavy atom. The highest BCUT2D eigenvalue weighted by atomic mass is 79.9. The first-order chi connectivity index (χ1) is 10.9. The molecule has 0 aromatic heterocycles. The number of carbonyl (C=O) groups excluding carboxylic acids is 3. The van der Waals surface area contributed by atoms with Crippen molar-refractivity contribution in [3.8, 4) is 5.75 Å². The Morgan fingerprint density at radius 3 is 2.78 bits per heavy atom. The number of imide groups is 1. The third-order valence-corrected chi connectivity index (χ3v) is 4.43. The summed E-state index contributed by atoms with van der Waals surface area (Å²) in [6.07, 6.45) is 2.50. The van der Waals surface area contributed by atoms with E-state index in [2.05, 4.69) is 15.9 Å². The number of hydrogen-bond acceptors (Lipinski definition) is 5.